The van der Waals surface area contributed by atoms with Crippen LogP contribution in [-0.4, -0.2) is 86.2 Å². The van der Waals surface area contributed by atoms with E-state index in [1.165, 1.54) is 12.1 Å². The van der Waals surface area contributed by atoms with Crippen molar-refractivity contribution >= 4 is 35.2 Å². The number of likely N-dealkylation sites (N-methyl/N-ethyl adjacent to an activating group) is 2. The third-order valence-electron chi connectivity index (χ3n) is 9.74. The Labute approximate surface area is 324 Å². The largest absolute Gasteiger partial charge is 0.492 e. The first-order chi connectivity index (χ1) is 25.9. The van der Waals surface area contributed by atoms with Crippen LogP contribution in [-0.2, 0) is 27.3 Å². The Morgan fingerprint density at radius 1 is 0.709 bits per heavy atom. The second-order valence-corrected chi connectivity index (χ2v) is 16.3. The Hall–Kier alpha value is -5.26. The fourth-order valence-corrected chi connectivity index (χ4v) is 6.07. The number of ether oxygens (including phenoxy) is 1. The van der Waals surface area contributed by atoms with Crippen LogP contribution in [0, 0.1) is 16.6 Å². The molecule has 5 amide bonds. The summed E-state index contributed by atoms with van der Waals surface area (Å²) < 4.78 is 20.7. The van der Waals surface area contributed by atoms with E-state index < -0.39 is 11.7 Å². The summed E-state index contributed by atoms with van der Waals surface area (Å²) in [5.41, 5.74) is 1.82. The van der Waals surface area contributed by atoms with Gasteiger partial charge in [0.2, 0.25) is 17.7 Å². The molecule has 0 radical (unpaired) electrons. The van der Waals surface area contributed by atoms with Crippen LogP contribution in [0.1, 0.15) is 92.1 Å². The molecule has 0 fully saturated rings. The van der Waals surface area contributed by atoms with Crippen molar-refractivity contribution in [2.24, 2.45) is 10.8 Å². The van der Waals surface area contributed by atoms with E-state index in [9.17, 15) is 28.4 Å². The molecule has 6 bridgehead atoms. The zero-order chi connectivity index (χ0) is 40.3. The number of anilines is 1. The highest BCUT2D eigenvalue weighted by Crippen LogP contribution is 2.29. The van der Waals surface area contributed by atoms with Crippen molar-refractivity contribution in [3.63, 3.8) is 0 Å². The maximum absolute atomic E-state index is 14.9. The number of amides is 5. The fraction of sp³-hybridized carbons (Fsp3) is 0.465. The first-order valence-corrected chi connectivity index (χ1v) is 18.9. The van der Waals surface area contributed by atoms with E-state index in [1.807, 2.05) is 45.0 Å². The molecule has 12 heteroatoms. The van der Waals surface area contributed by atoms with E-state index >= 15 is 0 Å². The Bertz CT molecular complexity index is 1820. The number of rotatable bonds is 1. The molecule has 2 N–H and O–H groups in total. The molecule has 4 aliphatic heterocycles. The lowest BCUT2D eigenvalue weighted by Crippen LogP contribution is -2.44. The summed E-state index contributed by atoms with van der Waals surface area (Å²) in [4.78, 5) is 70.6. The maximum Gasteiger partial charge on any atom is 0.254 e. The molecule has 55 heavy (non-hydrogen) atoms. The predicted octanol–water partition coefficient (Wildman–Crippen LogP) is 6.00. The van der Waals surface area contributed by atoms with E-state index in [0.717, 1.165) is 11.6 Å². The number of halogens is 1. The van der Waals surface area contributed by atoms with Gasteiger partial charge in [0.25, 0.3) is 11.8 Å². The summed E-state index contributed by atoms with van der Waals surface area (Å²) in [5.74, 6) is -1.65. The number of hydrogen-bond donors (Lipinski definition) is 2. The van der Waals surface area contributed by atoms with Gasteiger partial charge in [-0.15, -0.1) is 0 Å². The lowest BCUT2D eigenvalue weighted by Gasteiger charge is -2.30. The minimum absolute atomic E-state index is 0.000403. The van der Waals surface area contributed by atoms with E-state index in [1.54, 1.807) is 53.1 Å². The van der Waals surface area contributed by atoms with Gasteiger partial charge in [-0.05, 0) is 89.8 Å². The fourth-order valence-electron chi connectivity index (χ4n) is 6.07. The van der Waals surface area contributed by atoms with Crippen LogP contribution in [0.4, 0.5) is 10.1 Å². The molecule has 0 spiro atoms. The minimum Gasteiger partial charge on any atom is -0.492 e. The smallest absolute Gasteiger partial charge is 0.254 e. The van der Waals surface area contributed by atoms with Gasteiger partial charge in [0, 0.05) is 57.8 Å². The van der Waals surface area contributed by atoms with Crippen molar-refractivity contribution in [3.05, 3.63) is 94.8 Å². The lowest BCUT2D eigenvalue weighted by atomic mass is 9.83. The second-order valence-electron chi connectivity index (χ2n) is 16.3. The van der Waals surface area contributed by atoms with Crippen LogP contribution >= 0.6 is 0 Å². The molecule has 0 unspecified atom stereocenters. The summed E-state index contributed by atoms with van der Waals surface area (Å²) in [6.45, 7) is 11.4. The zero-order valence-electron chi connectivity index (χ0n) is 33.3. The molecule has 7 rings (SSSR count). The SMILES string of the molecule is CN1CCOc2ccc(cc2)C(=O)NCc2ccc(F)c(c2)C(=O)NCC(=O)N(CC(C)(C)C)c2ccc(cc2)CCN(C)C(=O)CCC(C)(C)CCC1=O. The molecule has 3 aromatic rings. The molecule has 4 heterocycles. The van der Waals surface area contributed by atoms with Gasteiger partial charge in [-0.25, -0.2) is 4.39 Å². The van der Waals surface area contributed by atoms with Gasteiger partial charge in [0.05, 0.1) is 18.7 Å². The summed E-state index contributed by atoms with van der Waals surface area (Å²) in [6.07, 6.45) is 2.65. The summed E-state index contributed by atoms with van der Waals surface area (Å²) in [6, 6.07) is 18.1. The molecule has 0 saturated carbocycles. The van der Waals surface area contributed by atoms with Crippen molar-refractivity contribution in [2.45, 2.75) is 73.3 Å². The standard InChI is InChI=1S/C43H56FN5O6/c1-42(2,3)29-49-33-13-8-30(9-14-33)20-23-47(6)37(50)18-21-43(4,5)22-19-38(51)48(7)24-25-55-34-15-11-32(12-16-34)40(53)45-27-31-10-17-36(44)35(26-31)41(54)46-28-39(49)52/h8-17,26H,18-25,27-29H2,1-7H3,(H,45,53)(H,46,54). The summed E-state index contributed by atoms with van der Waals surface area (Å²) in [5, 5.41) is 5.36. The van der Waals surface area contributed by atoms with Crippen molar-refractivity contribution in [2.75, 3.05) is 51.8 Å². The molecule has 0 aliphatic carbocycles. The van der Waals surface area contributed by atoms with Crippen LogP contribution in [0.3, 0.4) is 0 Å². The van der Waals surface area contributed by atoms with E-state index in [0.29, 0.717) is 74.3 Å². The number of benzene rings is 3. The maximum atomic E-state index is 14.9. The molecular weight excluding hydrogens is 702 g/mol. The van der Waals surface area contributed by atoms with Crippen molar-refractivity contribution in [1.29, 1.82) is 0 Å². The van der Waals surface area contributed by atoms with Crippen molar-refractivity contribution in [3.8, 4) is 5.75 Å². The number of carbonyl (C=O) groups is 5. The zero-order valence-corrected chi connectivity index (χ0v) is 33.3. The van der Waals surface area contributed by atoms with Crippen LogP contribution in [0.15, 0.2) is 66.7 Å². The first-order valence-electron chi connectivity index (χ1n) is 18.9. The number of carbonyl (C=O) groups excluding carboxylic acids is 5. The van der Waals surface area contributed by atoms with Crippen LogP contribution in [0.5, 0.6) is 5.75 Å². The quantitative estimate of drug-likeness (QED) is 0.314. The first kappa shape index (κ1) is 42.5. The normalized spacial score (nSPS) is 17.8. The average Bonchev–Trinajstić information content (AvgIpc) is 3.15. The highest BCUT2D eigenvalue weighted by atomic mass is 19.1. The van der Waals surface area contributed by atoms with Crippen LogP contribution < -0.4 is 20.3 Å². The van der Waals surface area contributed by atoms with Gasteiger partial charge in [-0.1, -0.05) is 52.8 Å². The highest BCUT2D eigenvalue weighted by molar-refractivity contribution is 6.00. The van der Waals surface area contributed by atoms with Gasteiger partial charge < -0.3 is 30.1 Å². The molecule has 0 atom stereocenters. The molecule has 0 aromatic heterocycles. The van der Waals surface area contributed by atoms with Gasteiger partial charge in [-0.2, -0.15) is 0 Å². The third-order valence-corrected chi connectivity index (χ3v) is 9.74. The minimum atomic E-state index is -0.753. The third kappa shape index (κ3) is 13.2. The molecule has 4 aliphatic rings. The van der Waals surface area contributed by atoms with E-state index in [2.05, 4.69) is 24.5 Å². The van der Waals surface area contributed by atoms with E-state index in [-0.39, 0.29) is 59.7 Å². The van der Waals surface area contributed by atoms with Gasteiger partial charge >= 0.3 is 0 Å². The monoisotopic (exact) mass is 757 g/mol. The Morgan fingerprint density at radius 3 is 1.91 bits per heavy atom. The second kappa shape index (κ2) is 18.9. The molecule has 11 nitrogen and oxygen atoms in total. The molecule has 3 aromatic carbocycles. The number of nitrogens with zero attached hydrogens (tertiary/aromatic N) is 3. The lowest BCUT2D eigenvalue weighted by molar-refractivity contribution is -0.131. The van der Waals surface area contributed by atoms with Gasteiger partial charge in [0.15, 0.2) is 0 Å². The van der Waals surface area contributed by atoms with Crippen molar-refractivity contribution < 1.29 is 33.1 Å². The molecular formula is C43H56FN5O6. The topological polar surface area (TPSA) is 128 Å². The number of nitrogens with one attached hydrogen (secondary N) is 2. The van der Waals surface area contributed by atoms with Crippen LogP contribution in [0.2, 0.25) is 0 Å². The van der Waals surface area contributed by atoms with E-state index in [4.69, 9.17) is 4.74 Å². The Balaban J connectivity index is 1.52. The molecule has 296 valence electrons. The van der Waals surface area contributed by atoms with Crippen LogP contribution in [0.25, 0.3) is 0 Å². The summed E-state index contributed by atoms with van der Waals surface area (Å²) >= 11 is 0. The van der Waals surface area contributed by atoms with Gasteiger partial charge in [0.1, 0.15) is 18.2 Å². The predicted molar refractivity (Wildman–Crippen MR) is 211 cm³/mol. The highest BCUT2D eigenvalue weighted by Gasteiger charge is 2.25. The average molecular weight is 758 g/mol. The molecule has 0 saturated heterocycles. The van der Waals surface area contributed by atoms with Crippen molar-refractivity contribution in [1.82, 2.24) is 20.4 Å². The Kier molecular flexibility index (Phi) is 14.6. The van der Waals surface area contributed by atoms with Gasteiger partial charge in [-0.3, -0.25) is 24.0 Å². The number of hydrogen-bond acceptors (Lipinski definition) is 6. The Morgan fingerprint density at radius 2 is 1.29 bits per heavy atom. The summed E-state index contributed by atoms with van der Waals surface area (Å²) in [7, 11) is 3.53.